The van der Waals surface area contributed by atoms with Crippen molar-refractivity contribution < 1.29 is 27.1 Å². The van der Waals surface area contributed by atoms with Gasteiger partial charge < -0.3 is 14.8 Å². The number of thioether (sulfide) groups is 1. The fraction of sp³-hybridized carbons (Fsp3) is 0.269. The van der Waals surface area contributed by atoms with Crippen LogP contribution in [0.2, 0.25) is 0 Å². The standard InChI is InChI=1S/C26H29FN2O5S2/c1-18(2)34-24-13-8-19(14-25(24)33-3)16-28-26(30)17-29(21-7-5-6-20(27)15-21)36(31,32)23-11-9-22(35-4)10-12-23/h5-15,18H,16-17H2,1-4H3,(H,28,30). The predicted molar refractivity (Wildman–Crippen MR) is 140 cm³/mol. The maximum absolute atomic E-state index is 14.0. The van der Waals surface area contributed by atoms with Crippen LogP contribution in [0.15, 0.2) is 76.5 Å². The molecule has 10 heteroatoms. The van der Waals surface area contributed by atoms with Gasteiger partial charge in [0.25, 0.3) is 10.0 Å². The summed E-state index contributed by atoms with van der Waals surface area (Å²) in [4.78, 5) is 13.8. The molecule has 0 saturated carbocycles. The molecular formula is C26H29FN2O5S2. The van der Waals surface area contributed by atoms with Crippen LogP contribution in [0, 0.1) is 5.82 Å². The number of nitrogens with one attached hydrogen (secondary N) is 1. The summed E-state index contributed by atoms with van der Waals surface area (Å²) in [6.07, 6.45) is 1.85. The molecule has 0 unspecified atom stereocenters. The summed E-state index contributed by atoms with van der Waals surface area (Å²) >= 11 is 1.48. The first-order valence-electron chi connectivity index (χ1n) is 11.2. The fourth-order valence-electron chi connectivity index (χ4n) is 3.38. The Kier molecular flexibility index (Phi) is 9.22. The molecule has 3 aromatic rings. The lowest BCUT2D eigenvalue weighted by Gasteiger charge is -2.24. The topological polar surface area (TPSA) is 84.9 Å². The third-order valence-electron chi connectivity index (χ3n) is 5.11. The van der Waals surface area contributed by atoms with Crippen molar-refractivity contribution in [2.75, 3.05) is 24.2 Å². The van der Waals surface area contributed by atoms with Crippen molar-refractivity contribution in [2.45, 2.75) is 36.3 Å². The highest BCUT2D eigenvalue weighted by molar-refractivity contribution is 7.98. The zero-order chi connectivity index (χ0) is 26.3. The Morgan fingerprint density at radius 2 is 1.78 bits per heavy atom. The van der Waals surface area contributed by atoms with Gasteiger partial charge in [-0.2, -0.15) is 0 Å². The van der Waals surface area contributed by atoms with Gasteiger partial charge >= 0.3 is 0 Å². The maximum atomic E-state index is 14.0. The van der Waals surface area contributed by atoms with Gasteiger partial charge in [-0.15, -0.1) is 11.8 Å². The van der Waals surface area contributed by atoms with E-state index in [0.29, 0.717) is 11.5 Å². The number of nitrogens with zero attached hydrogens (tertiary/aromatic N) is 1. The highest BCUT2D eigenvalue weighted by atomic mass is 32.2. The van der Waals surface area contributed by atoms with Crippen LogP contribution in [0.5, 0.6) is 11.5 Å². The first-order chi connectivity index (χ1) is 17.1. The lowest BCUT2D eigenvalue weighted by molar-refractivity contribution is -0.119. The van der Waals surface area contributed by atoms with E-state index < -0.39 is 28.3 Å². The molecule has 0 fully saturated rings. The average Bonchev–Trinajstić information content (AvgIpc) is 2.86. The van der Waals surface area contributed by atoms with E-state index in [4.69, 9.17) is 9.47 Å². The van der Waals surface area contributed by atoms with Gasteiger partial charge in [-0.05, 0) is 80.3 Å². The van der Waals surface area contributed by atoms with Crippen molar-refractivity contribution in [3.05, 3.63) is 78.1 Å². The first kappa shape index (κ1) is 27.3. The van der Waals surface area contributed by atoms with Crippen LogP contribution in [-0.4, -0.2) is 40.3 Å². The largest absolute Gasteiger partial charge is 0.493 e. The van der Waals surface area contributed by atoms with Gasteiger partial charge in [0.05, 0.1) is 23.8 Å². The second-order valence-corrected chi connectivity index (χ2v) is 10.8. The number of carbonyl (C=O) groups excluding carboxylic acids is 1. The van der Waals surface area contributed by atoms with Gasteiger partial charge in [-0.3, -0.25) is 9.10 Å². The minimum Gasteiger partial charge on any atom is -0.493 e. The summed E-state index contributed by atoms with van der Waals surface area (Å²) in [5.41, 5.74) is 0.792. The smallest absolute Gasteiger partial charge is 0.264 e. The van der Waals surface area contributed by atoms with E-state index in [0.717, 1.165) is 20.8 Å². The third-order valence-corrected chi connectivity index (χ3v) is 7.64. The molecule has 0 spiro atoms. The Hall–Kier alpha value is -3.24. The van der Waals surface area contributed by atoms with Crippen molar-refractivity contribution in [1.82, 2.24) is 5.32 Å². The van der Waals surface area contributed by atoms with E-state index in [1.54, 1.807) is 30.3 Å². The molecule has 192 valence electrons. The van der Waals surface area contributed by atoms with E-state index in [9.17, 15) is 17.6 Å². The second-order valence-electron chi connectivity index (χ2n) is 8.10. The van der Waals surface area contributed by atoms with Crippen molar-refractivity contribution in [1.29, 1.82) is 0 Å². The summed E-state index contributed by atoms with van der Waals surface area (Å²) in [6, 6.07) is 16.7. The Morgan fingerprint density at radius 3 is 2.39 bits per heavy atom. The molecule has 7 nitrogen and oxygen atoms in total. The summed E-state index contributed by atoms with van der Waals surface area (Å²) in [6.45, 7) is 3.42. The van der Waals surface area contributed by atoms with Crippen LogP contribution in [-0.2, 0) is 21.4 Å². The molecule has 36 heavy (non-hydrogen) atoms. The van der Waals surface area contributed by atoms with Crippen LogP contribution in [0.25, 0.3) is 0 Å². The van der Waals surface area contributed by atoms with Gasteiger partial charge in [0.1, 0.15) is 12.4 Å². The molecule has 1 amide bonds. The number of amides is 1. The highest BCUT2D eigenvalue weighted by Crippen LogP contribution is 2.29. The van der Waals surface area contributed by atoms with Gasteiger partial charge in [0, 0.05) is 11.4 Å². The third kappa shape index (κ3) is 6.92. The number of carbonyl (C=O) groups is 1. The van der Waals surface area contributed by atoms with Crippen LogP contribution in [0.1, 0.15) is 19.4 Å². The lowest BCUT2D eigenvalue weighted by atomic mass is 10.2. The quantitative estimate of drug-likeness (QED) is 0.355. The Bertz CT molecular complexity index is 1300. The summed E-state index contributed by atoms with van der Waals surface area (Å²) in [7, 11) is -2.62. The minimum absolute atomic E-state index is 0.00263. The van der Waals surface area contributed by atoms with E-state index >= 15 is 0 Å². The normalized spacial score (nSPS) is 11.3. The van der Waals surface area contributed by atoms with Crippen molar-refractivity contribution in [3.63, 3.8) is 0 Å². The monoisotopic (exact) mass is 532 g/mol. The molecule has 0 atom stereocenters. The molecule has 0 heterocycles. The maximum Gasteiger partial charge on any atom is 0.264 e. The number of anilines is 1. The molecular weight excluding hydrogens is 503 g/mol. The zero-order valence-electron chi connectivity index (χ0n) is 20.5. The number of benzene rings is 3. The van der Waals surface area contributed by atoms with Crippen molar-refractivity contribution in [3.8, 4) is 11.5 Å². The Balaban J connectivity index is 1.81. The van der Waals surface area contributed by atoms with E-state index in [1.807, 2.05) is 20.1 Å². The second kappa shape index (κ2) is 12.1. The van der Waals surface area contributed by atoms with E-state index in [-0.39, 0.29) is 23.2 Å². The number of halogens is 1. The Labute approximate surface area is 215 Å². The molecule has 0 bridgehead atoms. The average molecular weight is 533 g/mol. The van der Waals surface area contributed by atoms with E-state index in [1.165, 1.54) is 49.2 Å². The molecule has 0 aliphatic heterocycles. The van der Waals surface area contributed by atoms with Crippen LogP contribution >= 0.6 is 11.8 Å². The first-order valence-corrected chi connectivity index (χ1v) is 13.8. The number of hydrogen-bond acceptors (Lipinski definition) is 6. The highest BCUT2D eigenvalue weighted by Gasteiger charge is 2.27. The van der Waals surface area contributed by atoms with Gasteiger partial charge in [-0.1, -0.05) is 12.1 Å². The molecule has 1 N–H and O–H groups in total. The molecule has 0 aliphatic carbocycles. The van der Waals surface area contributed by atoms with Crippen molar-refractivity contribution >= 4 is 33.4 Å². The fourth-order valence-corrected chi connectivity index (χ4v) is 5.20. The lowest BCUT2D eigenvalue weighted by Crippen LogP contribution is -2.40. The van der Waals surface area contributed by atoms with Gasteiger partial charge in [0.2, 0.25) is 5.91 Å². The number of rotatable bonds is 11. The minimum atomic E-state index is -4.14. The molecule has 0 saturated heterocycles. The molecule has 0 aliphatic rings. The van der Waals surface area contributed by atoms with E-state index in [2.05, 4.69) is 5.32 Å². The van der Waals surface area contributed by atoms with Gasteiger partial charge in [-0.25, -0.2) is 12.8 Å². The zero-order valence-corrected chi connectivity index (χ0v) is 22.2. The SMILES string of the molecule is COc1cc(CNC(=O)CN(c2cccc(F)c2)S(=O)(=O)c2ccc(SC)cc2)ccc1OC(C)C. The number of sulfonamides is 1. The summed E-state index contributed by atoms with van der Waals surface area (Å²) < 4.78 is 52.8. The molecule has 0 radical (unpaired) electrons. The summed E-state index contributed by atoms with van der Waals surface area (Å²) in [5, 5.41) is 2.73. The molecule has 0 aromatic heterocycles. The van der Waals surface area contributed by atoms with Crippen LogP contribution < -0.4 is 19.1 Å². The number of ether oxygens (including phenoxy) is 2. The van der Waals surface area contributed by atoms with Crippen LogP contribution in [0.3, 0.4) is 0 Å². The summed E-state index contributed by atoms with van der Waals surface area (Å²) in [5.74, 6) is -0.0572. The van der Waals surface area contributed by atoms with Crippen molar-refractivity contribution in [2.24, 2.45) is 0 Å². The predicted octanol–water partition coefficient (Wildman–Crippen LogP) is 4.86. The Morgan fingerprint density at radius 1 is 1.06 bits per heavy atom. The van der Waals surface area contributed by atoms with Gasteiger partial charge in [0.15, 0.2) is 11.5 Å². The van der Waals surface area contributed by atoms with Crippen LogP contribution in [0.4, 0.5) is 10.1 Å². The number of methoxy groups -OCH3 is 1. The number of hydrogen-bond donors (Lipinski definition) is 1. The molecule has 3 rings (SSSR count). The molecule has 3 aromatic carbocycles.